The summed E-state index contributed by atoms with van der Waals surface area (Å²) in [7, 11) is 0. The van der Waals surface area contributed by atoms with Crippen LogP contribution in [0.5, 0.6) is 5.75 Å². The highest BCUT2D eigenvalue weighted by Gasteiger charge is 2.23. The molecule has 26 heavy (non-hydrogen) atoms. The van der Waals surface area contributed by atoms with Crippen LogP contribution in [-0.2, 0) is 9.53 Å². The van der Waals surface area contributed by atoms with E-state index in [1.807, 2.05) is 18.2 Å². The van der Waals surface area contributed by atoms with Crippen LogP contribution in [0.25, 0.3) is 0 Å². The summed E-state index contributed by atoms with van der Waals surface area (Å²) < 4.78 is 5.08. The Hall–Kier alpha value is -3.09. The van der Waals surface area contributed by atoms with Crippen LogP contribution in [0.3, 0.4) is 0 Å². The maximum absolute atomic E-state index is 12.3. The molecule has 1 aliphatic heterocycles. The molecule has 1 aromatic carbocycles. The zero-order chi connectivity index (χ0) is 18.5. The summed E-state index contributed by atoms with van der Waals surface area (Å²) in [4.78, 5) is 32.4. The van der Waals surface area contributed by atoms with Gasteiger partial charge in [-0.2, -0.15) is 0 Å². The lowest BCUT2D eigenvalue weighted by Crippen LogP contribution is -2.50. The molecular formula is C19H21N3O4. The summed E-state index contributed by atoms with van der Waals surface area (Å²) in [5, 5.41) is 9.66. The lowest BCUT2D eigenvalue weighted by molar-refractivity contribution is -0.134. The van der Waals surface area contributed by atoms with Crippen molar-refractivity contribution in [3.63, 3.8) is 0 Å². The molecule has 0 spiro atoms. The van der Waals surface area contributed by atoms with E-state index in [2.05, 4.69) is 9.88 Å². The highest BCUT2D eigenvalue weighted by atomic mass is 16.5. The van der Waals surface area contributed by atoms with E-state index in [1.165, 1.54) is 6.07 Å². The van der Waals surface area contributed by atoms with Gasteiger partial charge in [0.2, 0.25) is 0 Å². The van der Waals surface area contributed by atoms with Gasteiger partial charge >= 0.3 is 5.97 Å². The standard InChI is InChI=1S/C19H21N3O4/c1-14-5-6-15(12-16(14)23)19(25)26-13-18(24)22-10-8-21(9-11-22)17-4-2-3-7-20-17/h2-7,12,23H,8-11,13H2,1H3. The van der Waals surface area contributed by atoms with E-state index in [0.29, 0.717) is 31.7 Å². The quantitative estimate of drug-likeness (QED) is 0.839. The molecule has 1 amide bonds. The van der Waals surface area contributed by atoms with Crippen LogP contribution in [-0.4, -0.2) is 59.7 Å². The molecule has 1 fully saturated rings. The minimum Gasteiger partial charge on any atom is -0.508 e. The van der Waals surface area contributed by atoms with Gasteiger partial charge in [-0.25, -0.2) is 9.78 Å². The van der Waals surface area contributed by atoms with E-state index in [1.54, 1.807) is 30.2 Å². The van der Waals surface area contributed by atoms with Crippen LogP contribution in [0.4, 0.5) is 5.82 Å². The molecule has 1 saturated heterocycles. The van der Waals surface area contributed by atoms with Gasteiger partial charge < -0.3 is 19.6 Å². The second-order valence-corrected chi connectivity index (χ2v) is 6.13. The number of amides is 1. The third kappa shape index (κ3) is 4.11. The predicted octanol–water partition coefficient (Wildman–Crippen LogP) is 1.60. The number of aromatic nitrogens is 1. The number of nitrogens with zero attached hydrogens (tertiary/aromatic N) is 3. The average molecular weight is 355 g/mol. The van der Waals surface area contributed by atoms with Crippen molar-refractivity contribution in [1.29, 1.82) is 0 Å². The molecule has 0 aliphatic carbocycles. The molecule has 2 heterocycles. The number of esters is 1. The molecule has 1 aliphatic rings. The van der Waals surface area contributed by atoms with Crippen molar-refractivity contribution >= 4 is 17.7 Å². The summed E-state index contributed by atoms with van der Waals surface area (Å²) >= 11 is 0. The summed E-state index contributed by atoms with van der Waals surface area (Å²) in [5.41, 5.74) is 0.893. The highest BCUT2D eigenvalue weighted by Crippen LogP contribution is 2.18. The maximum Gasteiger partial charge on any atom is 0.338 e. The highest BCUT2D eigenvalue weighted by molar-refractivity contribution is 5.91. The predicted molar refractivity (Wildman–Crippen MR) is 96.2 cm³/mol. The largest absolute Gasteiger partial charge is 0.508 e. The lowest BCUT2D eigenvalue weighted by Gasteiger charge is -2.35. The van der Waals surface area contributed by atoms with E-state index in [4.69, 9.17) is 4.74 Å². The zero-order valence-electron chi connectivity index (χ0n) is 14.6. The monoisotopic (exact) mass is 355 g/mol. The number of pyridine rings is 1. The first-order valence-electron chi connectivity index (χ1n) is 8.45. The molecule has 1 N–H and O–H groups in total. The average Bonchev–Trinajstić information content (AvgIpc) is 2.68. The van der Waals surface area contributed by atoms with Crippen molar-refractivity contribution in [2.45, 2.75) is 6.92 Å². The molecule has 0 saturated carbocycles. The lowest BCUT2D eigenvalue weighted by atomic mass is 10.1. The Kier molecular flexibility index (Phi) is 5.36. The number of aryl methyl sites for hydroxylation is 1. The maximum atomic E-state index is 12.3. The van der Waals surface area contributed by atoms with E-state index >= 15 is 0 Å². The van der Waals surface area contributed by atoms with Gasteiger partial charge in [0.1, 0.15) is 11.6 Å². The first-order chi connectivity index (χ1) is 12.5. The molecular weight excluding hydrogens is 334 g/mol. The molecule has 0 bridgehead atoms. The molecule has 7 nitrogen and oxygen atoms in total. The number of phenols is 1. The number of benzene rings is 1. The topological polar surface area (TPSA) is 83.0 Å². The van der Waals surface area contributed by atoms with Crippen molar-refractivity contribution in [1.82, 2.24) is 9.88 Å². The fraction of sp³-hybridized carbons (Fsp3) is 0.316. The smallest absolute Gasteiger partial charge is 0.338 e. The number of piperazine rings is 1. The van der Waals surface area contributed by atoms with Crippen LogP contribution >= 0.6 is 0 Å². The third-order valence-corrected chi connectivity index (χ3v) is 4.38. The first kappa shape index (κ1) is 17.7. The fourth-order valence-electron chi connectivity index (χ4n) is 2.76. The molecule has 0 unspecified atom stereocenters. The van der Waals surface area contributed by atoms with Gasteiger partial charge in [-0.05, 0) is 36.8 Å². The van der Waals surface area contributed by atoms with E-state index < -0.39 is 5.97 Å². The molecule has 7 heteroatoms. The Morgan fingerprint density at radius 1 is 1.15 bits per heavy atom. The SMILES string of the molecule is Cc1ccc(C(=O)OCC(=O)N2CCN(c3ccccn3)CC2)cc1O. The molecule has 3 rings (SSSR count). The van der Waals surface area contributed by atoms with E-state index in [-0.39, 0.29) is 23.8 Å². The number of carbonyl (C=O) groups is 2. The second-order valence-electron chi connectivity index (χ2n) is 6.13. The number of anilines is 1. The van der Waals surface area contributed by atoms with Crippen LogP contribution < -0.4 is 4.90 Å². The van der Waals surface area contributed by atoms with Gasteiger partial charge in [0.15, 0.2) is 6.61 Å². The van der Waals surface area contributed by atoms with Crippen molar-refractivity contribution < 1.29 is 19.4 Å². The Balaban J connectivity index is 1.48. The summed E-state index contributed by atoms with van der Waals surface area (Å²) in [6.45, 7) is 3.90. The van der Waals surface area contributed by atoms with Gasteiger partial charge in [0.05, 0.1) is 5.56 Å². The zero-order valence-corrected chi connectivity index (χ0v) is 14.6. The Morgan fingerprint density at radius 3 is 2.58 bits per heavy atom. The minimum absolute atomic E-state index is 0.0245. The van der Waals surface area contributed by atoms with Crippen molar-refractivity contribution in [2.75, 3.05) is 37.7 Å². The third-order valence-electron chi connectivity index (χ3n) is 4.38. The summed E-state index contributed by atoms with van der Waals surface area (Å²) in [5.74, 6) is 0.0674. The Labute approximate surface area is 151 Å². The van der Waals surface area contributed by atoms with Gasteiger partial charge in [-0.1, -0.05) is 12.1 Å². The number of rotatable bonds is 4. The van der Waals surface area contributed by atoms with Gasteiger partial charge in [-0.15, -0.1) is 0 Å². The summed E-state index contributed by atoms with van der Waals surface area (Å²) in [6.07, 6.45) is 1.75. The van der Waals surface area contributed by atoms with Gasteiger partial charge in [0.25, 0.3) is 5.91 Å². The molecule has 1 aromatic heterocycles. The first-order valence-corrected chi connectivity index (χ1v) is 8.45. The summed E-state index contributed by atoms with van der Waals surface area (Å²) in [6, 6.07) is 10.3. The Bertz CT molecular complexity index is 787. The van der Waals surface area contributed by atoms with Crippen LogP contribution in [0.2, 0.25) is 0 Å². The van der Waals surface area contributed by atoms with Crippen molar-refractivity contribution in [3.8, 4) is 5.75 Å². The number of hydrogen-bond acceptors (Lipinski definition) is 6. The van der Waals surface area contributed by atoms with Crippen LogP contribution in [0.1, 0.15) is 15.9 Å². The van der Waals surface area contributed by atoms with E-state index in [0.717, 1.165) is 5.82 Å². The van der Waals surface area contributed by atoms with Crippen LogP contribution in [0, 0.1) is 6.92 Å². The minimum atomic E-state index is -0.624. The van der Waals surface area contributed by atoms with Gasteiger partial charge in [-0.3, -0.25) is 4.79 Å². The Morgan fingerprint density at radius 2 is 1.92 bits per heavy atom. The number of aromatic hydroxyl groups is 1. The normalized spacial score (nSPS) is 14.2. The fourth-order valence-corrected chi connectivity index (χ4v) is 2.76. The molecule has 0 radical (unpaired) electrons. The number of ether oxygens (including phenoxy) is 1. The molecule has 136 valence electrons. The van der Waals surface area contributed by atoms with Crippen molar-refractivity contribution in [3.05, 3.63) is 53.7 Å². The van der Waals surface area contributed by atoms with Crippen molar-refractivity contribution in [2.24, 2.45) is 0 Å². The number of phenolic OH excluding ortho intramolecular Hbond substituents is 1. The number of hydrogen-bond donors (Lipinski definition) is 1. The van der Waals surface area contributed by atoms with Gasteiger partial charge in [0, 0.05) is 32.4 Å². The second kappa shape index (κ2) is 7.86. The molecule has 0 atom stereocenters. The number of carbonyl (C=O) groups excluding carboxylic acids is 2. The van der Waals surface area contributed by atoms with E-state index in [9.17, 15) is 14.7 Å². The molecule has 2 aromatic rings. The van der Waals surface area contributed by atoms with Crippen LogP contribution in [0.15, 0.2) is 42.6 Å².